The van der Waals surface area contributed by atoms with Crippen LogP contribution >= 0.6 is 24.8 Å². The summed E-state index contributed by atoms with van der Waals surface area (Å²) in [6.45, 7) is 8.65. The smallest absolute Gasteiger partial charge is 0.0205 e. The lowest BCUT2D eigenvalue weighted by molar-refractivity contribution is 0.641. The molecule has 0 atom stereocenters. The van der Waals surface area contributed by atoms with Crippen molar-refractivity contribution in [3.05, 3.63) is 70.8 Å². The monoisotopic (exact) mass is 424 g/mol. The molecule has 0 amide bonds. The summed E-state index contributed by atoms with van der Waals surface area (Å²) in [5.41, 5.74) is 5.61. The molecule has 158 valence electrons. The summed E-state index contributed by atoms with van der Waals surface area (Å²) in [5, 5.41) is 7.00. The zero-order chi connectivity index (χ0) is 18.5. The highest BCUT2D eigenvalue weighted by Crippen LogP contribution is 2.11. The normalized spacial score (nSPS) is 10.2. The molecule has 2 aromatic carbocycles. The van der Waals surface area contributed by atoms with Crippen LogP contribution in [-0.4, -0.2) is 13.1 Å². The van der Waals surface area contributed by atoms with Crippen LogP contribution in [0.4, 0.5) is 0 Å². The maximum absolute atomic E-state index is 3.50. The molecule has 0 aliphatic carbocycles. The van der Waals surface area contributed by atoms with Gasteiger partial charge in [-0.25, -0.2) is 0 Å². The molecule has 0 fully saturated rings. The van der Waals surface area contributed by atoms with Gasteiger partial charge in [0.2, 0.25) is 0 Å². The van der Waals surface area contributed by atoms with Crippen LogP contribution in [-0.2, 0) is 25.9 Å². The number of hydrogen-bond donors (Lipinski definition) is 2. The van der Waals surface area contributed by atoms with Gasteiger partial charge in [-0.05, 0) is 61.0 Å². The van der Waals surface area contributed by atoms with Gasteiger partial charge in [0, 0.05) is 13.1 Å². The molecule has 0 bridgehead atoms. The average Bonchev–Trinajstić information content (AvgIpc) is 2.69. The van der Waals surface area contributed by atoms with Crippen LogP contribution in [0.5, 0.6) is 0 Å². The highest BCUT2D eigenvalue weighted by Gasteiger charge is 1.99. The molecule has 0 saturated carbocycles. The van der Waals surface area contributed by atoms with E-state index in [2.05, 4.69) is 73.0 Å². The topological polar surface area (TPSA) is 24.1 Å². The third kappa shape index (κ3) is 11.1. The molecule has 0 aliphatic rings. The predicted molar refractivity (Wildman–Crippen MR) is 128 cm³/mol. The molecule has 0 aromatic heterocycles. The Bertz CT molecular complexity index is 542. The van der Waals surface area contributed by atoms with Gasteiger partial charge in [0.15, 0.2) is 0 Å². The van der Waals surface area contributed by atoms with E-state index in [1.54, 1.807) is 0 Å². The Balaban J connectivity index is 0.00000364. The van der Waals surface area contributed by atoms with Crippen molar-refractivity contribution < 1.29 is 0 Å². The molecule has 0 spiro atoms. The van der Waals surface area contributed by atoms with Crippen LogP contribution in [0.3, 0.4) is 0 Å². The van der Waals surface area contributed by atoms with Crippen molar-refractivity contribution in [2.45, 2.75) is 65.5 Å². The zero-order valence-electron chi connectivity index (χ0n) is 17.5. The SMILES string of the molecule is CCCCNCc1ccc(CCc2ccc(CNCCCC)cc2)cc1.Cl.Cl. The van der Waals surface area contributed by atoms with Crippen LogP contribution in [0, 0.1) is 0 Å². The van der Waals surface area contributed by atoms with E-state index in [0.717, 1.165) is 39.0 Å². The fourth-order valence-corrected chi connectivity index (χ4v) is 3.01. The summed E-state index contributed by atoms with van der Waals surface area (Å²) in [7, 11) is 0. The van der Waals surface area contributed by atoms with Crippen molar-refractivity contribution in [1.29, 1.82) is 0 Å². The molecule has 2 nitrogen and oxygen atoms in total. The van der Waals surface area contributed by atoms with Crippen LogP contribution in [0.1, 0.15) is 61.8 Å². The van der Waals surface area contributed by atoms with Crippen LogP contribution in [0.15, 0.2) is 48.5 Å². The van der Waals surface area contributed by atoms with Crippen molar-refractivity contribution in [2.24, 2.45) is 0 Å². The largest absolute Gasteiger partial charge is 0.313 e. The third-order valence-corrected chi connectivity index (χ3v) is 4.82. The lowest BCUT2D eigenvalue weighted by Gasteiger charge is -2.07. The Hall–Kier alpha value is -1.06. The van der Waals surface area contributed by atoms with Crippen molar-refractivity contribution in [1.82, 2.24) is 10.6 Å². The van der Waals surface area contributed by atoms with Crippen LogP contribution in [0.2, 0.25) is 0 Å². The summed E-state index contributed by atoms with van der Waals surface area (Å²) >= 11 is 0. The minimum atomic E-state index is 0. The van der Waals surface area contributed by atoms with Gasteiger partial charge in [-0.2, -0.15) is 0 Å². The van der Waals surface area contributed by atoms with E-state index >= 15 is 0 Å². The van der Waals surface area contributed by atoms with Crippen molar-refractivity contribution >= 4 is 24.8 Å². The molecule has 0 unspecified atom stereocenters. The highest BCUT2D eigenvalue weighted by molar-refractivity contribution is 5.85. The standard InChI is InChI=1S/C24H36N2.2ClH/c1-3-5-17-25-19-23-13-9-21(10-14-23)7-8-22-11-15-24(16-12-22)20-26-18-6-4-2;;/h9-16,25-26H,3-8,17-20H2,1-2H3;2*1H. The van der Waals surface area contributed by atoms with Crippen molar-refractivity contribution in [3.8, 4) is 0 Å². The van der Waals surface area contributed by atoms with Gasteiger partial charge in [-0.3, -0.25) is 0 Å². The van der Waals surface area contributed by atoms with E-state index in [1.807, 2.05) is 0 Å². The van der Waals surface area contributed by atoms with E-state index in [1.165, 1.54) is 47.9 Å². The number of unbranched alkanes of at least 4 members (excludes halogenated alkanes) is 2. The van der Waals surface area contributed by atoms with Gasteiger partial charge in [0.1, 0.15) is 0 Å². The Kier molecular flexibility index (Phi) is 16.2. The van der Waals surface area contributed by atoms with Crippen molar-refractivity contribution in [2.75, 3.05) is 13.1 Å². The molecule has 0 aliphatic heterocycles. The minimum Gasteiger partial charge on any atom is -0.313 e. The highest BCUT2D eigenvalue weighted by atomic mass is 35.5. The Labute approximate surface area is 184 Å². The summed E-state index contributed by atoms with van der Waals surface area (Å²) in [6, 6.07) is 18.2. The second-order valence-electron chi connectivity index (χ2n) is 7.19. The maximum atomic E-state index is 3.50. The number of rotatable bonds is 13. The van der Waals surface area contributed by atoms with Gasteiger partial charge in [0.25, 0.3) is 0 Å². The molecule has 0 radical (unpaired) electrons. The Morgan fingerprint density at radius 1 is 0.536 bits per heavy atom. The van der Waals surface area contributed by atoms with Gasteiger partial charge < -0.3 is 10.6 Å². The quantitative estimate of drug-likeness (QED) is 0.379. The fraction of sp³-hybridized carbons (Fsp3) is 0.500. The first-order valence-electron chi connectivity index (χ1n) is 10.4. The van der Waals surface area contributed by atoms with E-state index in [0.29, 0.717) is 0 Å². The van der Waals surface area contributed by atoms with Gasteiger partial charge in [-0.1, -0.05) is 75.2 Å². The van der Waals surface area contributed by atoms with Gasteiger partial charge >= 0.3 is 0 Å². The lowest BCUT2D eigenvalue weighted by atomic mass is 10.0. The number of halogens is 2. The second kappa shape index (κ2) is 16.9. The predicted octanol–water partition coefficient (Wildman–Crippen LogP) is 6.09. The maximum Gasteiger partial charge on any atom is 0.0205 e. The summed E-state index contributed by atoms with van der Waals surface area (Å²) < 4.78 is 0. The number of benzene rings is 2. The Morgan fingerprint density at radius 3 is 1.18 bits per heavy atom. The van der Waals surface area contributed by atoms with Crippen LogP contribution in [0.25, 0.3) is 0 Å². The van der Waals surface area contributed by atoms with E-state index in [-0.39, 0.29) is 24.8 Å². The first-order chi connectivity index (χ1) is 12.8. The number of nitrogens with one attached hydrogen (secondary N) is 2. The fourth-order valence-electron chi connectivity index (χ4n) is 3.01. The summed E-state index contributed by atoms with van der Waals surface area (Å²) in [5.74, 6) is 0. The second-order valence-corrected chi connectivity index (χ2v) is 7.19. The molecular formula is C24H38Cl2N2. The molecule has 2 rings (SSSR count). The molecule has 0 heterocycles. The molecule has 28 heavy (non-hydrogen) atoms. The molecule has 2 N–H and O–H groups in total. The first-order valence-corrected chi connectivity index (χ1v) is 10.4. The summed E-state index contributed by atoms with van der Waals surface area (Å²) in [4.78, 5) is 0. The van der Waals surface area contributed by atoms with Crippen LogP contribution < -0.4 is 10.6 Å². The van der Waals surface area contributed by atoms with E-state index in [4.69, 9.17) is 0 Å². The molecule has 0 saturated heterocycles. The van der Waals surface area contributed by atoms with Gasteiger partial charge in [0.05, 0.1) is 0 Å². The number of hydrogen-bond acceptors (Lipinski definition) is 2. The zero-order valence-corrected chi connectivity index (χ0v) is 19.1. The Morgan fingerprint density at radius 2 is 0.857 bits per heavy atom. The lowest BCUT2D eigenvalue weighted by Crippen LogP contribution is -2.14. The first kappa shape index (κ1) is 26.9. The third-order valence-electron chi connectivity index (χ3n) is 4.82. The van der Waals surface area contributed by atoms with E-state index in [9.17, 15) is 0 Å². The molecule has 4 heteroatoms. The molecule has 2 aromatic rings. The van der Waals surface area contributed by atoms with E-state index < -0.39 is 0 Å². The number of aryl methyl sites for hydroxylation is 2. The summed E-state index contributed by atoms with van der Waals surface area (Å²) in [6.07, 6.45) is 7.23. The minimum absolute atomic E-state index is 0. The molecular weight excluding hydrogens is 387 g/mol. The van der Waals surface area contributed by atoms with Gasteiger partial charge in [-0.15, -0.1) is 24.8 Å². The van der Waals surface area contributed by atoms with Crippen molar-refractivity contribution in [3.63, 3.8) is 0 Å². The average molecular weight is 425 g/mol.